The van der Waals surface area contributed by atoms with Crippen LogP contribution in [0, 0.1) is 5.82 Å². The van der Waals surface area contributed by atoms with Crippen molar-refractivity contribution < 1.29 is 4.39 Å². The van der Waals surface area contributed by atoms with E-state index in [2.05, 4.69) is 11.5 Å². The molecular formula is C16H22ClFN2. The molecule has 1 aliphatic carbocycles. The minimum absolute atomic E-state index is 0.0394. The number of nitrogens with one attached hydrogen (secondary N) is 1. The first-order valence-electron chi connectivity index (χ1n) is 7.30. The summed E-state index contributed by atoms with van der Waals surface area (Å²) < 4.78 is 13.9. The molecular weight excluding hydrogens is 275 g/mol. The van der Waals surface area contributed by atoms with Gasteiger partial charge in [-0.3, -0.25) is 11.3 Å². The van der Waals surface area contributed by atoms with Crippen LogP contribution in [-0.2, 0) is 6.42 Å². The summed E-state index contributed by atoms with van der Waals surface area (Å²) in [5, 5.41) is 0.469. The summed E-state index contributed by atoms with van der Waals surface area (Å²) in [5.41, 5.74) is 4.65. The number of hydrogen-bond acceptors (Lipinski definition) is 2. The molecule has 0 fully saturated rings. The fraction of sp³-hybridized carbons (Fsp3) is 0.500. The number of allylic oxidation sites excluding steroid dienone is 1. The Morgan fingerprint density at radius 2 is 2.05 bits per heavy atom. The monoisotopic (exact) mass is 296 g/mol. The molecule has 0 aromatic heterocycles. The second-order valence-corrected chi connectivity index (χ2v) is 5.76. The summed E-state index contributed by atoms with van der Waals surface area (Å²) in [7, 11) is 0. The molecule has 0 saturated heterocycles. The zero-order valence-electron chi connectivity index (χ0n) is 11.7. The van der Waals surface area contributed by atoms with Gasteiger partial charge in [0.05, 0.1) is 0 Å². The average molecular weight is 297 g/mol. The van der Waals surface area contributed by atoms with Crippen LogP contribution < -0.4 is 11.3 Å². The lowest BCUT2D eigenvalue weighted by atomic mass is 9.91. The van der Waals surface area contributed by atoms with E-state index in [-0.39, 0.29) is 11.9 Å². The lowest BCUT2D eigenvalue weighted by molar-refractivity contribution is 0.523. The van der Waals surface area contributed by atoms with Crippen LogP contribution in [0.15, 0.2) is 29.8 Å². The van der Waals surface area contributed by atoms with Gasteiger partial charge in [-0.05, 0) is 44.2 Å². The normalized spacial score (nSPS) is 20.6. The van der Waals surface area contributed by atoms with Crippen LogP contribution >= 0.6 is 11.6 Å². The van der Waals surface area contributed by atoms with Gasteiger partial charge in [0.15, 0.2) is 0 Å². The molecule has 2 nitrogen and oxygen atoms in total. The Morgan fingerprint density at radius 3 is 2.80 bits per heavy atom. The highest BCUT2D eigenvalue weighted by Crippen LogP contribution is 2.25. The van der Waals surface area contributed by atoms with E-state index in [0.717, 1.165) is 12.8 Å². The predicted molar refractivity (Wildman–Crippen MR) is 82.0 cm³/mol. The van der Waals surface area contributed by atoms with Crippen molar-refractivity contribution in [3.63, 3.8) is 0 Å². The zero-order valence-corrected chi connectivity index (χ0v) is 12.4. The molecule has 3 N–H and O–H groups in total. The Bertz CT molecular complexity index is 453. The summed E-state index contributed by atoms with van der Waals surface area (Å²) in [6, 6.07) is 4.75. The van der Waals surface area contributed by atoms with Gasteiger partial charge in [0, 0.05) is 16.6 Å². The van der Waals surface area contributed by atoms with Gasteiger partial charge < -0.3 is 0 Å². The number of hydrogen-bond donors (Lipinski definition) is 2. The maximum absolute atomic E-state index is 13.9. The zero-order chi connectivity index (χ0) is 14.4. The predicted octanol–water partition coefficient (Wildman–Crippen LogP) is 4.13. The molecule has 1 unspecified atom stereocenters. The van der Waals surface area contributed by atoms with Gasteiger partial charge in [0.25, 0.3) is 0 Å². The van der Waals surface area contributed by atoms with Crippen molar-refractivity contribution in [3.05, 3.63) is 46.3 Å². The Balaban J connectivity index is 2.15. The first kappa shape index (κ1) is 15.5. The maximum Gasteiger partial charge on any atom is 0.127 e. The van der Waals surface area contributed by atoms with Gasteiger partial charge in [0.1, 0.15) is 5.82 Å². The number of halogens is 2. The summed E-state index contributed by atoms with van der Waals surface area (Å²) >= 11 is 6.10. The van der Waals surface area contributed by atoms with Crippen LogP contribution in [0.3, 0.4) is 0 Å². The number of rotatable bonds is 4. The highest BCUT2D eigenvalue weighted by Gasteiger charge is 2.18. The van der Waals surface area contributed by atoms with Gasteiger partial charge >= 0.3 is 0 Å². The smallest absolute Gasteiger partial charge is 0.127 e. The molecule has 0 bridgehead atoms. The molecule has 0 radical (unpaired) electrons. The summed E-state index contributed by atoms with van der Waals surface area (Å²) in [6.45, 7) is 0. The van der Waals surface area contributed by atoms with Crippen molar-refractivity contribution in [2.24, 2.45) is 5.84 Å². The standard InChI is InChI=1S/C16H22ClFN2/c17-14-9-6-10-15(18)13(14)11-16(20-19)12-7-4-2-1-3-5-8-12/h6-7,9-10,16,20H,1-5,8,11,19H2/b12-7+. The molecule has 0 saturated carbocycles. The Kier molecular flexibility index (Phi) is 6.02. The molecule has 1 atom stereocenters. The third-order valence-electron chi connectivity index (χ3n) is 3.94. The Hall–Kier alpha value is -0.900. The van der Waals surface area contributed by atoms with Crippen molar-refractivity contribution in [3.8, 4) is 0 Å². The largest absolute Gasteiger partial charge is 0.271 e. The van der Waals surface area contributed by atoms with Gasteiger partial charge in [-0.15, -0.1) is 0 Å². The molecule has 1 aromatic rings. The minimum Gasteiger partial charge on any atom is -0.271 e. The number of hydrazine groups is 1. The fourth-order valence-corrected chi connectivity index (χ4v) is 3.00. The molecule has 20 heavy (non-hydrogen) atoms. The van der Waals surface area contributed by atoms with E-state index in [0.29, 0.717) is 17.0 Å². The van der Waals surface area contributed by atoms with Crippen LogP contribution in [-0.4, -0.2) is 6.04 Å². The molecule has 0 heterocycles. The summed E-state index contributed by atoms with van der Waals surface area (Å²) in [4.78, 5) is 0. The first-order chi connectivity index (χ1) is 9.72. The third-order valence-corrected chi connectivity index (χ3v) is 4.30. The van der Waals surface area contributed by atoms with Crippen molar-refractivity contribution in [1.29, 1.82) is 0 Å². The van der Waals surface area contributed by atoms with E-state index in [9.17, 15) is 4.39 Å². The van der Waals surface area contributed by atoms with Crippen molar-refractivity contribution in [2.75, 3.05) is 0 Å². The first-order valence-corrected chi connectivity index (χ1v) is 7.68. The van der Waals surface area contributed by atoms with Crippen LogP contribution in [0.5, 0.6) is 0 Å². The molecule has 4 heteroatoms. The van der Waals surface area contributed by atoms with E-state index in [1.54, 1.807) is 12.1 Å². The molecule has 2 rings (SSSR count). The molecule has 0 spiro atoms. The van der Waals surface area contributed by atoms with Crippen molar-refractivity contribution in [2.45, 2.75) is 51.0 Å². The van der Waals surface area contributed by atoms with Crippen molar-refractivity contribution in [1.82, 2.24) is 5.43 Å². The van der Waals surface area contributed by atoms with Crippen LogP contribution in [0.2, 0.25) is 5.02 Å². The lowest BCUT2D eigenvalue weighted by Gasteiger charge is -2.22. The number of nitrogens with two attached hydrogens (primary N) is 1. The van der Waals surface area contributed by atoms with Gasteiger partial charge in [-0.2, -0.15) is 0 Å². The Labute approximate surface area is 125 Å². The minimum atomic E-state index is -0.260. The second kappa shape index (κ2) is 7.77. The topological polar surface area (TPSA) is 38.0 Å². The van der Waals surface area contributed by atoms with Crippen molar-refractivity contribution >= 4 is 11.6 Å². The van der Waals surface area contributed by atoms with E-state index in [4.69, 9.17) is 17.4 Å². The highest BCUT2D eigenvalue weighted by molar-refractivity contribution is 6.31. The molecule has 0 aliphatic heterocycles. The lowest BCUT2D eigenvalue weighted by Crippen LogP contribution is -2.38. The average Bonchev–Trinajstić information content (AvgIpc) is 2.39. The summed E-state index contributed by atoms with van der Waals surface area (Å²) in [5.74, 6) is 5.43. The Morgan fingerprint density at radius 1 is 1.25 bits per heavy atom. The van der Waals surface area contributed by atoms with E-state index in [1.165, 1.54) is 37.3 Å². The van der Waals surface area contributed by atoms with E-state index < -0.39 is 0 Å². The number of benzene rings is 1. The molecule has 1 aromatic carbocycles. The highest BCUT2D eigenvalue weighted by atomic mass is 35.5. The van der Waals surface area contributed by atoms with Gasteiger partial charge in [0.2, 0.25) is 0 Å². The van der Waals surface area contributed by atoms with Gasteiger partial charge in [-0.1, -0.05) is 42.2 Å². The quantitative estimate of drug-likeness (QED) is 0.498. The van der Waals surface area contributed by atoms with E-state index in [1.807, 2.05) is 0 Å². The second-order valence-electron chi connectivity index (χ2n) is 5.36. The maximum atomic E-state index is 13.9. The molecule has 0 amide bonds. The van der Waals surface area contributed by atoms with E-state index >= 15 is 0 Å². The van der Waals surface area contributed by atoms with Gasteiger partial charge in [-0.25, -0.2) is 4.39 Å². The SMILES string of the molecule is NNC(Cc1c(F)cccc1Cl)/C1=C/CCCCCC1. The van der Waals surface area contributed by atoms with Crippen LogP contribution in [0.1, 0.15) is 44.1 Å². The summed E-state index contributed by atoms with van der Waals surface area (Å²) in [6.07, 6.45) is 9.82. The van der Waals surface area contributed by atoms with Crippen LogP contribution in [0.4, 0.5) is 4.39 Å². The molecule has 1 aliphatic rings. The third kappa shape index (κ3) is 4.05. The molecule has 110 valence electrons. The van der Waals surface area contributed by atoms with Crippen LogP contribution in [0.25, 0.3) is 0 Å². The fourth-order valence-electron chi connectivity index (χ4n) is 2.76.